The maximum Gasteiger partial charge on any atom is 0.326 e. The third-order valence-corrected chi connectivity index (χ3v) is 8.95. The van der Waals surface area contributed by atoms with E-state index in [1.54, 1.807) is 21.0 Å². The first-order valence-electron chi connectivity index (χ1n) is 13.6. The number of carbonyl (C=O) groups is 3. The van der Waals surface area contributed by atoms with Gasteiger partial charge in [-0.15, -0.1) is 0 Å². The van der Waals surface area contributed by atoms with Crippen LogP contribution in [0.4, 0.5) is 0 Å². The summed E-state index contributed by atoms with van der Waals surface area (Å²) in [7, 11) is 3.86. The zero-order chi connectivity index (χ0) is 27.2. The minimum Gasteiger partial charge on any atom is -0.493 e. The molecule has 0 aromatic heterocycles. The van der Waals surface area contributed by atoms with Gasteiger partial charge in [0.2, 0.25) is 5.91 Å². The molecule has 214 valence electrons. The van der Waals surface area contributed by atoms with Gasteiger partial charge in [-0.05, 0) is 50.4 Å². The zero-order valence-corrected chi connectivity index (χ0v) is 24.1. The summed E-state index contributed by atoms with van der Waals surface area (Å²) in [5, 5.41) is 11.8. The van der Waals surface area contributed by atoms with E-state index in [2.05, 4.69) is 35.5 Å². The summed E-state index contributed by atoms with van der Waals surface area (Å²) in [6, 6.07) is 3.63. The van der Waals surface area contributed by atoms with Crippen LogP contribution in [0, 0.1) is 17.8 Å². The highest BCUT2D eigenvalue weighted by Crippen LogP contribution is 2.63. The van der Waals surface area contributed by atoms with Gasteiger partial charge in [0.15, 0.2) is 11.5 Å². The molecule has 1 aromatic rings. The quantitative estimate of drug-likeness (QED) is 0.255. The Balaban J connectivity index is 0.00000353. The second-order valence-corrected chi connectivity index (χ2v) is 11.4. The van der Waals surface area contributed by atoms with E-state index in [0.29, 0.717) is 18.4 Å². The summed E-state index contributed by atoms with van der Waals surface area (Å²) in [6.45, 7) is 4.56. The van der Waals surface area contributed by atoms with Crippen molar-refractivity contribution < 1.29 is 33.7 Å². The van der Waals surface area contributed by atoms with Crippen LogP contribution in [0.1, 0.15) is 50.7 Å². The van der Waals surface area contributed by atoms with Crippen LogP contribution in [-0.4, -0.2) is 73.3 Å². The first-order chi connectivity index (χ1) is 18.2. The van der Waals surface area contributed by atoms with Crippen molar-refractivity contribution in [2.75, 3.05) is 27.3 Å². The molecule has 6 atom stereocenters. The van der Waals surface area contributed by atoms with Gasteiger partial charge in [-0.1, -0.05) is 32.1 Å². The Morgan fingerprint density at radius 1 is 1.26 bits per heavy atom. The topological polar surface area (TPSA) is 114 Å². The van der Waals surface area contributed by atoms with Gasteiger partial charge < -0.3 is 29.5 Å². The Hall–Kier alpha value is -2.72. The molecule has 10 heteroatoms. The highest BCUT2D eigenvalue weighted by Gasteiger charge is 2.64. The van der Waals surface area contributed by atoms with Gasteiger partial charge in [-0.2, -0.15) is 13.5 Å². The van der Waals surface area contributed by atoms with Gasteiger partial charge in [-0.3, -0.25) is 9.59 Å². The first kappa shape index (κ1) is 29.3. The number of rotatable bonds is 10. The number of methoxy groups -OCH3 is 1. The number of benzene rings is 1. The predicted octanol–water partition coefficient (Wildman–Crippen LogP) is 2.81. The third-order valence-electron chi connectivity index (χ3n) is 8.95. The Kier molecular flexibility index (Phi) is 8.56. The average Bonchev–Trinajstić information content (AvgIpc) is 3.23. The Morgan fingerprint density at radius 3 is 2.72 bits per heavy atom. The maximum atomic E-state index is 12.9. The highest BCUT2D eigenvalue weighted by atomic mass is 32.1. The van der Waals surface area contributed by atoms with E-state index in [1.807, 2.05) is 6.07 Å². The molecule has 1 aromatic carbocycles. The van der Waals surface area contributed by atoms with Crippen LogP contribution in [0.5, 0.6) is 11.5 Å². The minimum atomic E-state index is -1.06. The lowest BCUT2D eigenvalue weighted by Gasteiger charge is -2.57. The predicted molar refractivity (Wildman–Crippen MR) is 150 cm³/mol. The standard InChI is InChI=1S/C29H38N2O7.H2S/c1-16(2)25(28(34)35)30-22(32)6-5-13-37-23(33)15-18-7-9-19-20-14-17-8-10-21(36-4)26-24(17)29(19,27(18)38-26)11-12-31(20)3;/h7-10,16,18-20,25,27H,5-6,11-15H2,1-4H3,(H,30,32)(H,34,35);1H2/t18-,19?,20-,25?,27+,29+;/m1./s1. The fourth-order valence-electron chi connectivity index (χ4n) is 7.12. The number of nitrogens with zero attached hydrogens (tertiary/aromatic N) is 1. The smallest absolute Gasteiger partial charge is 0.326 e. The van der Waals surface area contributed by atoms with Gasteiger partial charge in [-0.25, -0.2) is 4.79 Å². The number of carboxylic acids is 1. The van der Waals surface area contributed by atoms with Gasteiger partial charge in [0.25, 0.3) is 0 Å². The lowest BCUT2D eigenvalue weighted by atomic mass is 9.52. The van der Waals surface area contributed by atoms with Crippen LogP contribution < -0.4 is 14.8 Å². The number of aliphatic carboxylic acids is 1. The third kappa shape index (κ3) is 5.01. The number of hydrogen-bond donors (Lipinski definition) is 2. The highest BCUT2D eigenvalue weighted by molar-refractivity contribution is 7.59. The van der Waals surface area contributed by atoms with Gasteiger partial charge in [0.1, 0.15) is 12.1 Å². The molecule has 1 spiro atoms. The van der Waals surface area contributed by atoms with E-state index in [4.69, 9.17) is 14.2 Å². The molecule has 0 radical (unpaired) electrons. The fourth-order valence-corrected chi connectivity index (χ4v) is 7.12. The van der Waals surface area contributed by atoms with E-state index in [0.717, 1.165) is 30.9 Å². The number of ether oxygens (including phenoxy) is 3. The summed E-state index contributed by atoms with van der Waals surface area (Å²) in [4.78, 5) is 38.7. The number of carbonyl (C=O) groups excluding carboxylic acids is 2. The molecule has 1 fully saturated rings. The lowest BCUT2D eigenvalue weighted by Crippen LogP contribution is -2.64. The average molecular weight is 561 g/mol. The van der Waals surface area contributed by atoms with Crippen LogP contribution in [-0.2, 0) is 31.0 Å². The molecule has 39 heavy (non-hydrogen) atoms. The summed E-state index contributed by atoms with van der Waals surface area (Å²) < 4.78 is 17.8. The molecule has 2 heterocycles. The van der Waals surface area contributed by atoms with Crippen LogP contribution in [0.2, 0.25) is 0 Å². The van der Waals surface area contributed by atoms with E-state index >= 15 is 0 Å². The number of amides is 1. The Bertz CT molecular complexity index is 1150. The van der Waals surface area contributed by atoms with Crippen LogP contribution in [0.15, 0.2) is 24.3 Å². The van der Waals surface area contributed by atoms with Crippen molar-refractivity contribution in [3.05, 3.63) is 35.4 Å². The van der Waals surface area contributed by atoms with Crippen molar-refractivity contribution in [1.82, 2.24) is 10.2 Å². The molecule has 1 amide bonds. The number of piperidine rings is 1. The van der Waals surface area contributed by atoms with Gasteiger partial charge >= 0.3 is 11.9 Å². The fraction of sp³-hybridized carbons (Fsp3) is 0.621. The molecule has 2 aliphatic heterocycles. The summed E-state index contributed by atoms with van der Waals surface area (Å²) >= 11 is 0. The maximum absolute atomic E-state index is 12.9. The lowest BCUT2D eigenvalue weighted by molar-refractivity contribution is -0.146. The van der Waals surface area contributed by atoms with E-state index in [9.17, 15) is 19.5 Å². The molecule has 2 aliphatic carbocycles. The molecule has 2 unspecified atom stereocenters. The summed E-state index contributed by atoms with van der Waals surface area (Å²) in [5.74, 6) is -0.207. The number of likely N-dealkylation sites (N-methyl/N-ethyl adjacent to an activating group) is 1. The monoisotopic (exact) mass is 560 g/mol. The number of likely N-dealkylation sites (tertiary alicyclic amines) is 1. The SMILES string of the molecule is COc1ccc2c3c1O[C@H]1[C@@H](CC(=O)OCCCC(=O)NC(C(=O)O)C(C)C)C=CC4[C@@H](C2)N(C)CC[C@@]341.S. The van der Waals surface area contributed by atoms with Crippen molar-refractivity contribution >= 4 is 31.3 Å². The van der Waals surface area contributed by atoms with Crippen LogP contribution in [0.25, 0.3) is 0 Å². The minimum absolute atomic E-state index is 0. The largest absolute Gasteiger partial charge is 0.493 e. The van der Waals surface area contributed by atoms with Crippen molar-refractivity contribution in [3.8, 4) is 11.5 Å². The molecule has 9 nitrogen and oxygen atoms in total. The summed E-state index contributed by atoms with van der Waals surface area (Å²) in [6.07, 6.45) is 6.82. The second-order valence-electron chi connectivity index (χ2n) is 11.4. The molecule has 5 rings (SSSR count). The number of carboxylic acid groups (broad SMARTS) is 1. The number of nitrogens with one attached hydrogen (secondary N) is 1. The Labute approximate surface area is 236 Å². The van der Waals surface area contributed by atoms with Crippen molar-refractivity contribution in [3.63, 3.8) is 0 Å². The van der Waals surface area contributed by atoms with Crippen molar-refractivity contribution in [1.29, 1.82) is 0 Å². The van der Waals surface area contributed by atoms with E-state index in [-0.39, 0.29) is 68.2 Å². The molecular weight excluding hydrogens is 520 g/mol. The first-order valence-corrected chi connectivity index (χ1v) is 13.6. The van der Waals surface area contributed by atoms with Crippen LogP contribution in [0.3, 0.4) is 0 Å². The number of esters is 1. The van der Waals surface area contributed by atoms with Gasteiger partial charge in [0.05, 0.1) is 20.1 Å². The molecule has 0 saturated carbocycles. The van der Waals surface area contributed by atoms with E-state index < -0.39 is 12.0 Å². The van der Waals surface area contributed by atoms with Gasteiger partial charge in [0, 0.05) is 35.3 Å². The normalized spacial score (nSPS) is 28.5. The molecule has 2 bridgehead atoms. The molecular formula is C29H40N2O7S. The van der Waals surface area contributed by atoms with E-state index in [1.165, 1.54) is 11.1 Å². The molecule has 1 saturated heterocycles. The summed E-state index contributed by atoms with van der Waals surface area (Å²) in [5.41, 5.74) is 2.41. The molecule has 2 N–H and O–H groups in total. The number of hydrogen-bond acceptors (Lipinski definition) is 7. The molecule has 4 aliphatic rings. The van der Waals surface area contributed by atoms with Crippen molar-refractivity contribution in [2.24, 2.45) is 17.8 Å². The van der Waals surface area contributed by atoms with Crippen molar-refractivity contribution in [2.45, 2.75) is 69.6 Å². The Morgan fingerprint density at radius 2 is 2.03 bits per heavy atom. The zero-order valence-electron chi connectivity index (χ0n) is 23.1. The second kappa shape index (κ2) is 11.4. The van der Waals surface area contributed by atoms with Crippen LogP contribution >= 0.6 is 13.5 Å².